The largest absolute Gasteiger partial charge is 0.481 e. The highest BCUT2D eigenvalue weighted by Gasteiger charge is 2.29. The molecule has 0 atom stereocenters. The fraction of sp³-hybridized carbons (Fsp3) is 0.364. The highest BCUT2D eigenvalue weighted by Crippen LogP contribution is 2.18. The van der Waals surface area contributed by atoms with Crippen LogP contribution in [0.4, 0.5) is 5.69 Å². The maximum absolute atomic E-state index is 11.9. The Kier molecular flexibility index (Phi) is 4.46. The molecule has 1 rings (SSSR count). The number of hydrogen-bond donors (Lipinski definition) is 2. The summed E-state index contributed by atoms with van der Waals surface area (Å²) in [7, 11) is -3.91. The van der Waals surface area contributed by atoms with Crippen molar-refractivity contribution in [1.29, 1.82) is 0 Å². The lowest BCUT2D eigenvalue weighted by atomic mass is 9.95. The van der Waals surface area contributed by atoms with Gasteiger partial charge in [-0.05, 0) is 26.0 Å². The van der Waals surface area contributed by atoms with E-state index in [0.717, 1.165) is 24.3 Å². The normalized spacial score (nSPS) is 12.1. The molecule has 2 N–H and O–H groups in total. The van der Waals surface area contributed by atoms with Crippen molar-refractivity contribution in [2.24, 2.45) is 5.41 Å². The van der Waals surface area contributed by atoms with Crippen LogP contribution in [0, 0.1) is 15.5 Å². The molecule has 0 saturated carbocycles. The van der Waals surface area contributed by atoms with E-state index in [-0.39, 0.29) is 17.1 Å². The number of hydrogen-bond acceptors (Lipinski definition) is 5. The molecule has 0 aliphatic heterocycles. The first-order chi connectivity index (χ1) is 9.06. The average molecular weight is 302 g/mol. The van der Waals surface area contributed by atoms with Gasteiger partial charge in [0, 0.05) is 18.7 Å². The molecule has 0 spiro atoms. The second-order valence-electron chi connectivity index (χ2n) is 4.76. The summed E-state index contributed by atoms with van der Waals surface area (Å²) in [6.07, 6.45) is 0. The Balaban J connectivity index is 2.89. The number of nitro groups is 1. The molecule has 0 aliphatic carbocycles. The number of carboxylic acids is 1. The van der Waals surface area contributed by atoms with E-state index in [2.05, 4.69) is 4.72 Å². The Morgan fingerprint density at radius 1 is 1.35 bits per heavy atom. The molecule has 1 aromatic rings. The van der Waals surface area contributed by atoms with Gasteiger partial charge in [0.1, 0.15) is 0 Å². The van der Waals surface area contributed by atoms with E-state index in [0.29, 0.717) is 0 Å². The Bertz CT molecular complexity index is 621. The van der Waals surface area contributed by atoms with E-state index in [1.165, 1.54) is 13.8 Å². The Hall–Kier alpha value is -2.00. The maximum Gasteiger partial charge on any atom is 0.310 e. The first-order valence-corrected chi connectivity index (χ1v) is 7.02. The van der Waals surface area contributed by atoms with Gasteiger partial charge in [0.15, 0.2) is 0 Å². The second kappa shape index (κ2) is 5.55. The molecule has 0 amide bonds. The number of benzene rings is 1. The first kappa shape index (κ1) is 16.1. The third kappa shape index (κ3) is 3.75. The number of aliphatic carboxylic acids is 1. The van der Waals surface area contributed by atoms with Gasteiger partial charge in [-0.2, -0.15) is 0 Å². The second-order valence-corrected chi connectivity index (χ2v) is 6.53. The van der Waals surface area contributed by atoms with Crippen LogP contribution >= 0.6 is 0 Å². The lowest BCUT2D eigenvalue weighted by molar-refractivity contribution is -0.384. The van der Waals surface area contributed by atoms with E-state index < -0.39 is 26.3 Å². The number of nitrogens with zero attached hydrogens (tertiary/aromatic N) is 1. The molecular formula is C11H14N2O6S. The third-order valence-electron chi connectivity index (χ3n) is 2.64. The van der Waals surface area contributed by atoms with Crippen LogP contribution in [0.1, 0.15) is 13.8 Å². The minimum Gasteiger partial charge on any atom is -0.481 e. The van der Waals surface area contributed by atoms with Crippen LogP contribution in [-0.2, 0) is 14.8 Å². The number of carboxylic acid groups (broad SMARTS) is 1. The average Bonchev–Trinajstić information content (AvgIpc) is 2.36. The molecule has 0 aromatic heterocycles. The standard InChI is InChI=1S/C11H14N2O6S/c1-11(2,10(14)15)7-12-20(18,19)9-5-3-8(4-6-9)13(16)17/h3-6,12H,7H2,1-2H3,(H,14,15). The third-order valence-corrected chi connectivity index (χ3v) is 4.06. The van der Waals surface area contributed by atoms with E-state index in [1.807, 2.05) is 0 Å². The van der Waals surface area contributed by atoms with Crippen LogP contribution in [0.5, 0.6) is 0 Å². The van der Waals surface area contributed by atoms with Gasteiger partial charge in [-0.3, -0.25) is 14.9 Å². The number of carbonyl (C=O) groups is 1. The van der Waals surface area contributed by atoms with Crippen molar-refractivity contribution in [1.82, 2.24) is 4.72 Å². The summed E-state index contributed by atoms with van der Waals surface area (Å²) in [5, 5.41) is 19.4. The van der Waals surface area contributed by atoms with Gasteiger partial charge in [-0.25, -0.2) is 13.1 Å². The van der Waals surface area contributed by atoms with Gasteiger partial charge in [0.2, 0.25) is 10.0 Å². The predicted molar refractivity (Wildman–Crippen MR) is 69.7 cm³/mol. The molecule has 0 saturated heterocycles. The van der Waals surface area contributed by atoms with Gasteiger partial charge in [-0.1, -0.05) is 0 Å². The minimum atomic E-state index is -3.91. The van der Waals surface area contributed by atoms with Gasteiger partial charge >= 0.3 is 5.97 Å². The summed E-state index contributed by atoms with van der Waals surface area (Å²) in [6, 6.07) is 4.32. The van der Waals surface area contributed by atoms with E-state index in [1.54, 1.807) is 0 Å². The smallest absolute Gasteiger partial charge is 0.310 e. The van der Waals surface area contributed by atoms with Crippen LogP contribution in [0.15, 0.2) is 29.2 Å². The zero-order chi connectivity index (χ0) is 15.6. The van der Waals surface area contributed by atoms with Crippen molar-refractivity contribution < 1.29 is 23.2 Å². The Morgan fingerprint density at radius 2 is 1.85 bits per heavy atom. The van der Waals surface area contributed by atoms with E-state index in [9.17, 15) is 23.3 Å². The SMILES string of the molecule is CC(C)(CNS(=O)(=O)c1ccc([N+](=O)[O-])cc1)C(=O)O. The maximum atomic E-state index is 11.9. The highest BCUT2D eigenvalue weighted by molar-refractivity contribution is 7.89. The molecule has 0 unspecified atom stereocenters. The summed E-state index contributed by atoms with van der Waals surface area (Å²) in [4.78, 5) is 20.5. The van der Waals surface area contributed by atoms with E-state index in [4.69, 9.17) is 5.11 Å². The quantitative estimate of drug-likeness (QED) is 0.595. The lowest BCUT2D eigenvalue weighted by Gasteiger charge is -2.19. The zero-order valence-corrected chi connectivity index (χ0v) is 11.7. The Labute approximate surface area is 115 Å². The molecule has 0 bridgehead atoms. The molecule has 0 aliphatic rings. The number of nitrogens with one attached hydrogen (secondary N) is 1. The van der Waals surface area contributed by atoms with Crippen LogP contribution in [0.2, 0.25) is 0 Å². The van der Waals surface area contributed by atoms with Gasteiger partial charge in [0.05, 0.1) is 15.2 Å². The Morgan fingerprint density at radius 3 is 2.25 bits per heavy atom. The van der Waals surface area contributed by atoms with Gasteiger partial charge in [0.25, 0.3) is 5.69 Å². The van der Waals surface area contributed by atoms with E-state index >= 15 is 0 Å². The molecule has 0 fully saturated rings. The summed E-state index contributed by atoms with van der Waals surface area (Å²) in [6.45, 7) is 2.48. The molecule has 1 aromatic carbocycles. The number of rotatable bonds is 6. The van der Waals surface area contributed by atoms with Crippen molar-refractivity contribution in [2.75, 3.05) is 6.54 Å². The number of nitro benzene ring substituents is 1. The van der Waals surface area contributed by atoms with Crippen LogP contribution in [-0.4, -0.2) is 31.0 Å². The molecule has 8 nitrogen and oxygen atoms in total. The van der Waals surface area contributed by atoms with Crippen molar-refractivity contribution >= 4 is 21.7 Å². The van der Waals surface area contributed by atoms with Crippen molar-refractivity contribution in [3.63, 3.8) is 0 Å². The van der Waals surface area contributed by atoms with Crippen LogP contribution < -0.4 is 4.72 Å². The summed E-state index contributed by atoms with van der Waals surface area (Å²) < 4.78 is 26.0. The number of sulfonamides is 1. The molecule has 9 heteroatoms. The van der Waals surface area contributed by atoms with Crippen molar-refractivity contribution in [3.05, 3.63) is 34.4 Å². The molecule has 0 heterocycles. The van der Waals surface area contributed by atoms with Gasteiger partial charge in [-0.15, -0.1) is 0 Å². The molecule has 0 radical (unpaired) electrons. The highest BCUT2D eigenvalue weighted by atomic mass is 32.2. The fourth-order valence-electron chi connectivity index (χ4n) is 1.18. The van der Waals surface area contributed by atoms with Crippen LogP contribution in [0.3, 0.4) is 0 Å². The van der Waals surface area contributed by atoms with Gasteiger partial charge < -0.3 is 5.11 Å². The molecule has 110 valence electrons. The van der Waals surface area contributed by atoms with Crippen LogP contribution in [0.25, 0.3) is 0 Å². The molecular weight excluding hydrogens is 288 g/mol. The minimum absolute atomic E-state index is 0.163. The lowest BCUT2D eigenvalue weighted by Crippen LogP contribution is -2.38. The summed E-state index contributed by atoms with van der Waals surface area (Å²) in [5.41, 5.74) is -1.48. The topological polar surface area (TPSA) is 127 Å². The number of non-ortho nitro benzene ring substituents is 1. The predicted octanol–water partition coefficient (Wildman–Crippen LogP) is 0.984. The first-order valence-electron chi connectivity index (χ1n) is 5.54. The zero-order valence-electron chi connectivity index (χ0n) is 10.9. The van der Waals surface area contributed by atoms with Crippen molar-refractivity contribution in [3.8, 4) is 0 Å². The summed E-state index contributed by atoms with van der Waals surface area (Å²) in [5.74, 6) is -1.14. The van der Waals surface area contributed by atoms with Crippen molar-refractivity contribution in [2.45, 2.75) is 18.7 Å². The molecule has 20 heavy (non-hydrogen) atoms. The monoisotopic (exact) mass is 302 g/mol. The fourth-order valence-corrected chi connectivity index (χ4v) is 2.39. The summed E-state index contributed by atoms with van der Waals surface area (Å²) >= 11 is 0.